The van der Waals surface area contributed by atoms with Crippen molar-refractivity contribution in [2.75, 3.05) is 13.2 Å². The number of aryl methyl sites for hydroxylation is 1. The van der Waals surface area contributed by atoms with Gasteiger partial charge in [-0.1, -0.05) is 48.5 Å². The van der Waals surface area contributed by atoms with Gasteiger partial charge in [0, 0.05) is 18.0 Å². The van der Waals surface area contributed by atoms with Gasteiger partial charge >= 0.3 is 6.03 Å². The second-order valence-corrected chi connectivity index (χ2v) is 7.81. The lowest BCUT2D eigenvalue weighted by Crippen LogP contribution is -2.48. The number of ether oxygens (including phenoxy) is 1. The number of hydrogen-bond donors (Lipinski definition) is 2. The Labute approximate surface area is 175 Å². The summed E-state index contributed by atoms with van der Waals surface area (Å²) in [7, 11) is 0. The van der Waals surface area contributed by atoms with Crippen molar-refractivity contribution >= 4 is 17.8 Å². The molecule has 2 aromatic carbocycles. The van der Waals surface area contributed by atoms with Gasteiger partial charge in [-0.15, -0.1) is 0 Å². The third kappa shape index (κ3) is 3.75. The topological polar surface area (TPSA) is 87.7 Å². The van der Waals surface area contributed by atoms with Crippen LogP contribution in [0.4, 0.5) is 4.79 Å². The van der Waals surface area contributed by atoms with Gasteiger partial charge in [-0.2, -0.15) is 0 Å². The second-order valence-electron chi connectivity index (χ2n) is 7.81. The molecule has 0 radical (unpaired) electrons. The normalized spacial score (nSPS) is 21.0. The Morgan fingerprint density at radius 1 is 1.17 bits per heavy atom. The molecule has 2 aliphatic rings. The molecular formula is C23H25N3O4. The standard InChI is InChI=1S/C23H25N3O4/c1-16(11-12-17-7-3-2-4-8-17)24-20(27)15-26-21(28)23(25-22(26)29)13-14-30-19-10-6-5-9-18(19)23/h2-10,16H,11-15H2,1H3,(H,24,27)(H,25,29)/t16-,23-/m0/s1. The second kappa shape index (κ2) is 8.18. The van der Waals surface area contributed by atoms with Crippen LogP contribution in [0.2, 0.25) is 0 Å². The number of imide groups is 1. The summed E-state index contributed by atoms with van der Waals surface area (Å²) in [4.78, 5) is 39.3. The molecule has 156 valence electrons. The molecule has 7 heteroatoms. The summed E-state index contributed by atoms with van der Waals surface area (Å²) in [5, 5.41) is 5.70. The fourth-order valence-electron chi connectivity index (χ4n) is 4.08. The lowest BCUT2D eigenvalue weighted by molar-refractivity contribution is -0.136. The van der Waals surface area contributed by atoms with Crippen LogP contribution in [-0.4, -0.2) is 41.9 Å². The molecule has 2 aliphatic heterocycles. The lowest BCUT2D eigenvalue weighted by atomic mass is 9.84. The van der Waals surface area contributed by atoms with Crippen molar-refractivity contribution in [2.24, 2.45) is 0 Å². The molecule has 1 saturated heterocycles. The van der Waals surface area contributed by atoms with Crippen molar-refractivity contribution in [1.82, 2.24) is 15.5 Å². The summed E-state index contributed by atoms with van der Waals surface area (Å²) in [6.45, 7) is 1.94. The molecule has 30 heavy (non-hydrogen) atoms. The molecule has 4 amide bonds. The first kappa shape index (κ1) is 19.9. The number of amides is 4. The van der Waals surface area contributed by atoms with Crippen molar-refractivity contribution in [3.05, 3.63) is 65.7 Å². The van der Waals surface area contributed by atoms with Crippen LogP contribution in [0.1, 0.15) is 30.9 Å². The van der Waals surface area contributed by atoms with E-state index in [1.54, 1.807) is 18.2 Å². The number of nitrogens with one attached hydrogen (secondary N) is 2. The SMILES string of the molecule is C[C@@H](CCc1ccccc1)NC(=O)CN1C(=O)N[C@]2(CCOc3ccccc32)C1=O. The van der Waals surface area contributed by atoms with E-state index in [9.17, 15) is 14.4 Å². The fourth-order valence-corrected chi connectivity index (χ4v) is 4.08. The van der Waals surface area contributed by atoms with Crippen LogP contribution in [0.5, 0.6) is 5.75 Å². The third-order valence-electron chi connectivity index (χ3n) is 5.68. The predicted octanol–water partition coefficient (Wildman–Crippen LogP) is 2.35. The van der Waals surface area contributed by atoms with Gasteiger partial charge in [0.2, 0.25) is 5.91 Å². The maximum Gasteiger partial charge on any atom is 0.325 e. The highest BCUT2D eigenvalue weighted by atomic mass is 16.5. The largest absolute Gasteiger partial charge is 0.493 e. The molecule has 1 fully saturated rings. The Hall–Kier alpha value is -3.35. The quantitative estimate of drug-likeness (QED) is 0.720. The molecule has 0 saturated carbocycles. The van der Waals surface area contributed by atoms with Gasteiger partial charge in [-0.25, -0.2) is 4.79 Å². The van der Waals surface area contributed by atoms with Gasteiger partial charge < -0.3 is 15.4 Å². The van der Waals surface area contributed by atoms with Gasteiger partial charge in [0.1, 0.15) is 12.3 Å². The van der Waals surface area contributed by atoms with Crippen molar-refractivity contribution in [2.45, 2.75) is 37.8 Å². The minimum atomic E-state index is -1.16. The Balaban J connectivity index is 1.39. The Morgan fingerprint density at radius 2 is 1.90 bits per heavy atom. The summed E-state index contributed by atoms with van der Waals surface area (Å²) in [6.07, 6.45) is 1.94. The molecule has 0 aromatic heterocycles. The highest BCUT2D eigenvalue weighted by Gasteiger charge is 2.55. The Bertz CT molecular complexity index is 962. The van der Waals surface area contributed by atoms with Crippen molar-refractivity contribution < 1.29 is 19.1 Å². The van der Waals surface area contributed by atoms with Crippen LogP contribution < -0.4 is 15.4 Å². The molecule has 2 atom stereocenters. The van der Waals surface area contributed by atoms with Gasteiger partial charge in [0.15, 0.2) is 5.54 Å². The number of hydrogen-bond acceptors (Lipinski definition) is 4. The molecule has 0 bridgehead atoms. The van der Waals surface area contributed by atoms with Gasteiger partial charge in [-0.05, 0) is 31.4 Å². The van der Waals surface area contributed by atoms with Crippen LogP contribution in [0.25, 0.3) is 0 Å². The summed E-state index contributed by atoms with van der Waals surface area (Å²) in [6, 6.07) is 16.6. The van der Waals surface area contributed by atoms with Crippen molar-refractivity contribution in [3.8, 4) is 5.75 Å². The van der Waals surface area contributed by atoms with Crippen molar-refractivity contribution in [1.29, 1.82) is 0 Å². The van der Waals surface area contributed by atoms with Crippen LogP contribution in [0.15, 0.2) is 54.6 Å². The van der Waals surface area contributed by atoms with Gasteiger partial charge in [0.05, 0.1) is 6.61 Å². The first-order chi connectivity index (χ1) is 14.5. The maximum absolute atomic E-state index is 13.2. The smallest absolute Gasteiger partial charge is 0.325 e. The number of carbonyl (C=O) groups is 3. The Morgan fingerprint density at radius 3 is 2.70 bits per heavy atom. The maximum atomic E-state index is 13.2. The number of fused-ring (bicyclic) bond motifs is 2. The van der Waals surface area contributed by atoms with Gasteiger partial charge in [-0.3, -0.25) is 14.5 Å². The highest BCUT2D eigenvalue weighted by Crippen LogP contribution is 2.40. The van der Waals surface area contributed by atoms with E-state index in [2.05, 4.69) is 10.6 Å². The summed E-state index contributed by atoms with van der Waals surface area (Å²) >= 11 is 0. The molecule has 2 heterocycles. The van der Waals surface area contributed by atoms with E-state index in [-0.39, 0.29) is 18.5 Å². The average molecular weight is 407 g/mol. The van der Waals surface area contributed by atoms with Crippen LogP contribution >= 0.6 is 0 Å². The zero-order chi connectivity index (χ0) is 21.1. The molecule has 2 aromatic rings. The number of benzene rings is 2. The van der Waals surface area contributed by atoms with Gasteiger partial charge in [0.25, 0.3) is 5.91 Å². The van der Waals surface area contributed by atoms with Crippen molar-refractivity contribution in [3.63, 3.8) is 0 Å². The molecule has 7 nitrogen and oxygen atoms in total. The van der Waals surface area contributed by atoms with E-state index in [0.717, 1.165) is 17.7 Å². The third-order valence-corrected chi connectivity index (χ3v) is 5.68. The monoisotopic (exact) mass is 407 g/mol. The van der Waals surface area contributed by atoms with E-state index < -0.39 is 17.5 Å². The van der Waals surface area contributed by atoms with E-state index in [0.29, 0.717) is 24.3 Å². The van der Waals surface area contributed by atoms with Crippen LogP contribution in [0.3, 0.4) is 0 Å². The number of nitrogens with zero attached hydrogens (tertiary/aromatic N) is 1. The molecule has 0 unspecified atom stereocenters. The number of para-hydroxylation sites is 1. The summed E-state index contributed by atoms with van der Waals surface area (Å²) in [5.41, 5.74) is 0.673. The average Bonchev–Trinajstić information content (AvgIpc) is 2.98. The molecule has 1 spiro atoms. The summed E-state index contributed by atoms with van der Waals surface area (Å²) < 4.78 is 5.62. The minimum absolute atomic E-state index is 0.0729. The fraction of sp³-hybridized carbons (Fsp3) is 0.348. The first-order valence-electron chi connectivity index (χ1n) is 10.2. The summed E-state index contributed by atoms with van der Waals surface area (Å²) in [5.74, 6) is -0.176. The van der Waals surface area contributed by atoms with E-state index in [1.165, 1.54) is 5.56 Å². The lowest BCUT2D eigenvalue weighted by Gasteiger charge is -2.33. The van der Waals surface area contributed by atoms with E-state index in [1.807, 2.05) is 43.3 Å². The van der Waals surface area contributed by atoms with E-state index >= 15 is 0 Å². The molecular weight excluding hydrogens is 382 g/mol. The Kier molecular flexibility index (Phi) is 5.44. The highest BCUT2D eigenvalue weighted by molar-refractivity contribution is 6.09. The van der Waals surface area contributed by atoms with Crippen LogP contribution in [-0.2, 0) is 21.5 Å². The molecule has 4 rings (SSSR count). The minimum Gasteiger partial charge on any atom is -0.493 e. The number of carbonyl (C=O) groups excluding carboxylic acids is 3. The first-order valence-corrected chi connectivity index (χ1v) is 10.2. The molecule has 2 N–H and O–H groups in total. The van der Waals surface area contributed by atoms with E-state index in [4.69, 9.17) is 4.74 Å². The van der Waals surface area contributed by atoms with Crippen LogP contribution in [0, 0.1) is 0 Å². The molecule has 0 aliphatic carbocycles. The zero-order valence-electron chi connectivity index (χ0n) is 16.9. The number of rotatable bonds is 6. The zero-order valence-corrected chi connectivity index (χ0v) is 16.9. The number of urea groups is 1. The predicted molar refractivity (Wildman–Crippen MR) is 111 cm³/mol.